The Labute approximate surface area is 164 Å². The number of hydrogen-bond donors (Lipinski definition) is 0. The van der Waals surface area contributed by atoms with Crippen LogP contribution in [0.2, 0.25) is 0 Å². The summed E-state index contributed by atoms with van der Waals surface area (Å²) in [5.74, 6) is 0.323. The van der Waals surface area contributed by atoms with Crippen LogP contribution in [-0.2, 0) is 4.74 Å². The van der Waals surface area contributed by atoms with Crippen LogP contribution in [0.5, 0.6) is 5.75 Å². The molecule has 0 amide bonds. The van der Waals surface area contributed by atoms with Crippen molar-refractivity contribution in [3.8, 4) is 22.8 Å². The zero-order chi connectivity index (χ0) is 21.2. The number of carbonyl (C=O) groups excluding carboxylic acids is 1. The van der Waals surface area contributed by atoms with Gasteiger partial charge in [0.2, 0.25) is 0 Å². The first-order valence-corrected chi connectivity index (χ1v) is 8.70. The van der Waals surface area contributed by atoms with E-state index in [2.05, 4.69) is 19.6 Å². The number of carbonyl (C=O) groups is 1. The molecule has 0 saturated heterocycles. The Bertz CT molecular complexity index is 995. The van der Waals surface area contributed by atoms with Crippen molar-refractivity contribution in [2.24, 2.45) is 0 Å². The first kappa shape index (κ1) is 20.4. The normalized spacial score (nSPS) is 11.6. The van der Waals surface area contributed by atoms with E-state index in [1.54, 1.807) is 28.9 Å². The first-order chi connectivity index (χ1) is 13.7. The standard InChI is InChI=1S/C20H18F3N3O3/c1-12(2)18-24-17(13-4-6-14(7-5-13)19(27)28-3)25-26(18)15-8-10-16(11-9-15)29-20(21,22)23/h4-12H,1-3H3. The van der Waals surface area contributed by atoms with Crippen LogP contribution in [0, 0.1) is 0 Å². The maximum atomic E-state index is 12.3. The average Bonchev–Trinajstić information content (AvgIpc) is 3.12. The van der Waals surface area contributed by atoms with Crippen molar-refractivity contribution < 1.29 is 27.4 Å². The van der Waals surface area contributed by atoms with Gasteiger partial charge in [0, 0.05) is 11.5 Å². The fourth-order valence-corrected chi connectivity index (χ4v) is 2.67. The Hall–Kier alpha value is -3.36. The highest BCUT2D eigenvalue weighted by molar-refractivity contribution is 5.89. The molecule has 3 rings (SSSR count). The molecule has 9 heteroatoms. The van der Waals surface area contributed by atoms with Crippen LogP contribution in [0.3, 0.4) is 0 Å². The number of nitrogens with zero attached hydrogens (tertiary/aromatic N) is 3. The summed E-state index contributed by atoms with van der Waals surface area (Å²) < 4.78 is 47.2. The highest BCUT2D eigenvalue weighted by Crippen LogP contribution is 2.26. The highest BCUT2D eigenvalue weighted by atomic mass is 19.4. The average molecular weight is 405 g/mol. The van der Waals surface area contributed by atoms with Gasteiger partial charge in [0.15, 0.2) is 5.82 Å². The molecule has 0 saturated carbocycles. The van der Waals surface area contributed by atoms with E-state index in [9.17, 15) is 18.0 Å². The number of hydrogen-bond acceptors (Lipinski definition) is 5. The van der Waals surface area contributed by atoms with Crippen LogP contribution in [0.15, 0.2) is 48.5 Å². The zero-order valence-electron chi connectivity index (χ0n) is 15.9. The molecule has 3 aromatic rings. The second kappa shape index (κ2) is 7.94. The van der Waals surface area contributed by atoms with Crippen LogP contribution < -0.4 is 4.74 Å². The molecule has 0 aliphatic heterocycles. The number of rotatable bonds is 5. The molecule has 0 atom stereocenters. The van der Waals surface area contributed by atoms with Gasteiger partial charge < -0.3 is 9.47 Å². The molecule has 152 valence electrons. The minimum absolute atomic E-state index is 0.0108. The fourth-order valence-electron chi connectivity index (χ4n) is 2.67. The summed E-state index contributed by atoms with van der Waals surface area (Å²) in [6.45, 7) is 3.87. The molecule has 1 aromatic heterocycles. The van der Waals surface area contributed by atoms with Gasteiger partial charge in [-0.05, 0) is 36.4 Å². The third-order valence-corrected chi connectivity index (χ3v) is 4.03. The predicted molar refractivity (Wildman–Crippen MR) is 98.9 cm³/mol. The summed E-state index contributed by atoms with van der Waals surface area (Å²) in [7, 11) is 1.30. The summed E-state index contributed by atoms with van der Waals surface area (Å²) >= 11 is 0. The van der Waals surface area contributed by atoms with Crippen molar-refractivity contribution in [1.29, 1.82) is 0 Å². The van der Waals surface area contributed by atoms with Gasteiger partial charge in [-0.1, -0.05) is 26.0 Å². The molecule has 29 heavy (non-hydrogen) atoms. The third-order valence-electron chi connectivity index (χ3n) is 4.03. The van der Waals surface area contributed by atoms with E-state index < -0.39 is 12.3 Å². The highest BCUT2D eigenvalue weighted by Gasteiger charge is 2.31. The smallest absolute Gasteiger partial charge is 0.465 e. The number of alkyl halides is 3. The summed E-state index contributed by atoms with van der Waals surface area (Å²) in [5.41, 5.74) is 1.64. The van der Waals surface area contributed by atoms with E-state index >= 15 is 0 Å². The molecule has 0 unspecified atom stereocenters. The van der Waals surface area contributed by atoms with Gasteiger partial charge in [0.25, 0.3) is 0 Å². The number of aromatic nitrogens is 3. The fraction of sp³-hybridized carbons (Fsp3) is 0.250. The molecular formula is C20H18F3N3O3. The second-order valence-corrected chi connectivity index (χ2v) is 6.47. The van der Waals surface area contributed by atoms with Gasteiger partial charge in [-0.25, -0.2) is 14.5 Å². The minimum atomic E-state index is -4.75. The van der Waals surface area contributed by atoms with Crippen LogP contribution in [0.25, 0.3) is 17.1 Å². The van der Waals surface area contributed by atoms with E-state index in [0.29, 0.717) is 28.5 Å². The lowest BCUT2D eigenvalue weighted by atomic mass is 10.1. The van der Waals surface area contributed by atoms with Crippen molar-refractivity contribution in [3.63, 3.8) is 0 Å². The van der Waals surface area contributed by atoms with Crippen LogP contribution in [-0.4, -0.2) is 34.2 Å². The Balaban J connectivity index is 1.94. The van der Waals surface area contributed by atoms with Gasteiger partial charge in [-0.3, -0.25) is 0 Å². The Morgan fingerprint density at radius 3 is 2.17 bits per heavy atom. The van der Waals surface area contributed by atoms with Crippen molar-refractivity contribution in [2.45, 2.75) is 26.1 Å². The molecule has 0 bridgehead atoms. The van der Waals surface area contributed by atoms with Gasteiger partial charge in [0.05, 0.1) is 18.4 Å². The van der Waals surface area contributed by atoms with E-state index in [0.717, 1.165) is 0 Å². The van der Waals surface area contributed by atoms with E-state index in [1.165, 1.54) is 31.4 Å². The molecule has 6 nitrogen and oxygen atoms in total. The molecule has 0 spiro atoms. The summed E-state index contributed by atoms with van der Waals surface area (Å²) in [4.78, 5) is 16.1. The number of ether oxygens (including phenoxy) is 2. The maximum absolute atomic E-state index is 12.3. The Kier molecular flexibility index (Phi) is 5.58. The van der Waals surface area contributed by atoms with Crippen molar-refractivity contribution >= 4 is 5.97 Å². The zero-order valence-corrected chi connectivity index (χ0v) is 15.9. The lowest BCUT2D eigenvalue weighted by molar-refractivity contribution is -0.274. The van der Waals surface area contributed by atoms with Gasteiger partial charge in [-0.2, -0.15) is 0 Å². The molecular weight excluding hydrogens is 387 g/mol. The van der Waals surface area contributed by atoms with Crippen molar-refractivity contribution in [2.75, 3.05) is 7.11 Å². The SMILES string of the molecule is COC(=O)c1ccc(-c2nc(C(C)C)n(-c3ccc(OC(F)(F)F)cc3)n2)cc1. The molecule has 2 aromatic carbocycles. The molecule has 0 aliphatic rings. The summed E-state index contributed by atoms with van der Waals surface area (Å²) in [5, 5.41) is 4.50. The topological polar surface area (TPSA) is 66.2 Å². The Morgan fingerprint density at radius 2 is 1.66 bits per heavy atom. The number of esters is 1. The van der Waals surface area contributed by atoms with Gasteiger partial charge >= 0.3 is 12.3 Å². The van der Waals surface area contributed by atoms with Crippen LogP contribution in [0.1, 0.15) is 35.9 Å². The molecule has 0 aliphatic carbocycles. The predicted octanol–water partition coefficient (Wildman–Crippen LogP) is 4.74. The molecule has 0 fully saturated rings. The Morgan fingerprint density at radius 1 is 1.03 bits per heavy atom. The lowest BCUT2D eigenvalue weighted by Crippen LogP contribution is -2.17. The molecule has 1 heterocycles. The van der Waals surface area contributed by atoms with E-state index in [4.69, 9.17) is 0 Å². The van der Waals surface area contributed by atoms with Gasteiger partial charge in [-0.15, -0.1) is 18.3 Å². The number of halogens is 3. The first-order valence-electron chi connectivity index (χ1n) is 8.70. The largest absolute Gasteiger partial charge is 0.573 e. The lowest BCUT2D eigenvalue weighted by Gasteiger charge is -2.11. The van der Waals surface area contributed by atoms with Crippen molar-refractivity contribution in [1.82, 2.24) is 14.8 Å². The van der Waals surface area contributed by atoms with Crippen LogP contribution in [0.4, 0.5) is 13.2 Å². The molecule has 0 radical (unpaired) electrons. The third kappa shape index (κ3) is 4.74. The van der Waals surface area contributed by atoms with E-state index in [-0.39, 0.29) is 11.7 Å². The van der Waals surface area contributed by atoms with Gasteiger partial charge in [0.1, 0.15) is 11.6 Å². The summed E-state index contributed by atoms with van der Waals surface area (Å²) in [6, 6.07) is 12.0. The number of methoxy groups -OCH3 is 1. The maximum Gasteiger partial charge on any atom is 0.573 e. The molecule has 0 N–H and O–H groups in total. The minimum Gasteiger partial charge on any atom is -0.465 e. The monoisotopic (exact) mass is 405 g/mol. The van der Waals surface area contributed by atoms with E-state index in [1.807, 2.05) is 13.8 Å². The second-order valence-electron chi connectivity index (χ2n) is 6.47. The summed E-state index contributed by atoms with van der Waals surface area (Å²) in [6.07, 6.45) is -4.75. The number of benzene rings is 2. The van der Waals surface area contributed by atoms with Crippen molar-refractivity contribution in [3.05, 3.63) is 59.9 Å². The van der Waals surface area contributed by atoms with Crippen LogP contribution >= 0.6 is 0 Å². The quantitative estimate of drug-likeness (QED) is 0.574.